The monoisotopic (exact) mass is 298 g/mol. The molecule has 0 fully saturated rings. The zero-order valence-electron chi connectivity index (χ0n) is 12.6. The second-order valence-corrected chi connectivity index (χ2v) is 7.41. The van der Waals surface area contributed by atoms with Gasteiger partial charge in [0.05, 0.1) is 11.9 Å². The minimum absolute atomic E-state index is 0.00858. The maximum absolute atomic E-state index is 4.74. The van der Waals surface area contributed by atoms with Gasteiger partial charge in [0.15, 0.2) is 5.54 Å². The molecule has 108 valence electrons. The normalized spacial score (nSPS) is 32.7. The maximum Gasteiger partial charge on any atom is 0.320 e. The lowest BCUT2D eigenvalue weighted by atomic mass is 9.79. The van der Waals surface area contributed by atoms with Gasteiger partial charge in [0.1, 0.15) is 16.8 Å². The van der Waals surface area contributed by atoms with E-state index in [4.69, 9.17) is 4.98 Å². The molecule has 3 aliphatic rings. The first kappa shape index (κ1) is 13.2. The molecule has 0 saturated heterocycles. The fourth-order valence-corrected chi connectivity index (χ4v) is 4.48. The zero-order chi connectivity index (χ0) is 14.9. The van der Waals surface area contributed by atoms with Crippen LogP contribution in [0.15, 0.2) is 53.9 Å². The van der Waals surface area contributed by atoms with Crippen molar-refractivity contribution in [1.29, 1.82) is 0 Å². The summed E-state index contributed by atoms with van der Waals surface area (Å²) in [5.74, 6) is 1.06. The molecule has 1 spiro atoms. The molecule has 3 heterocycles. The molecule has 1 aliphatic carbocycles. The van der Waals surface area contributed by atoms with Crippen molar-refractivity contribution in [1.82, 2.24) is 14.0 Å². The fourth-order valence-electron chi connectivity index (χ4n) is 4.23. The van der Waals surface area contributed by atoms with E-state index in [2.05, 4.69) is 80.6 Å². The Morgan fingerprint density at radius 3 is 2.86 bits per heavy atom. The molecule has 0 bridgehead atoms. The van der Waals surface area contributed by atoms with E-state index in [0.717, 1.165) is 17.4 Å². The Bertz CT molecular complexity index is 745. The van der Waals surface area contributed by atoms with Crippen LogP contribution >= 0.6 is 12.6 Å². The molecule has 2 atom stereocenters. The molecule has 2 unspecified atom stereocenters. The van der Waals surface area contributed by atoms with Gasteiger partial charge in [-0.25, -0.2) is 9.05 Å². The summed E-state index contributed by atoms with van der Waals surface area (Å²) in [6.07, 6.45) is 18.4. The molecule has 1 aromatic rings. The van der Waals surface area contributed by atoms with E-state index >= 15 is 0 Å². The highest BCUT2D eigenvalue weighted by Gasteiger charge is 2.66. The van der Waals surface area contributed by atoms with E-state index < -0.39 is 0 Å². The summed E-state index contributed by atoms with van der Waals surface area (Å²) in [6.45, 7) is 6.87. The van der Waals surface area contributed by atoms with Gasteiger partial charge < -0.3 is 0 Å². The van der Waals surface area contributed by atoms with E-state index in [1.165, 1.54) is 5.70 Å². The second kappa shape index (κ2) is 3.81. The Hall–Kier alpha value is -1.52. The van der Waals surface area contributed by atoms with Crippen LogP contribution in [0.25, 0.3) is 5.70 Å². The van der Waals surface area contributed by atoms with Crippen molar-refractivity contribution in [3.05, 3.63) is 48.9 Å². The predicted octanol–water partition coefficient (Wildman–Crippen LogP) is 3.91. The van der Waals surface area contributed by atoms with Crippen LogP contribution in [0.1, 0.15) is 27.2 Å². The van der Waals surface area contributed by atoms with Crippen molar-refractivity contribution in [2.75, 3.05) is 0 Å². The molecule has 0 aromatic carbocycles. The Balaban J connectivity index is 2.16. The number of fused-ring (bicyclic) bond motifs is 3. The highest BCUT2D eigenvalue weighted by Crippen LogP contribution is 2.57. The third kappa shape index (κ3) is 1.29. The van der Waals surface area contributed by atoms with E-state index in [9.17, 15) is 0 Å². The highest BCUT2D eigenvalue weighted by atomic mass is 32.1. The standard InChI is InChI=1S/C17H19N3S/c1-16(2,3)20-11-7-6-10-17(20)9-5-4-8-13(17)19-14(21)12-18-15(19)20/h4-8,10-12H,9H2,1-3H3/p+1. The van der Waals surface area contributed by atoms with Crippen LogP contribution < -0.4 is 4.48 Å². The van der Waals surface area contributed by atoms with Crippen molar-refractivity contribution in [2.24, 2.45) is 0 Å². The largest absolute Gasteiger partial charge is 0.320 e. The molecule has 0 N–H and O–H groups in total. The van der Waals surface area contributed by atoms with Gasteiger partial charge in [-0.3, -0.25) is 0 Å². The molecule has 4 heteroatoms. The second-order valence-electron chi connectivity index (χ2n) is 6.95. The van der Waals surface area contributed by atoms with Crippen LogP contribution in [0.2, 0.25) is 0 Å². The van der Waals surface area contributed by atoms with Crippen LogP contribution in [-0.2, 0) is 0 Å². The third-order valence-electron chi connectivity index (χ3n) is 5.02. The number of quaternary nitrogens is 1. The number of imidazole rings is 1. The van der Waals surface area contributed by atoms with Crippen molar-refractivity contribution < 1.29 is 0 Å². The first-order valence-electron chi connectivity index (χ1n) is 7.35. The van der Waals surface area contributed by atoms with Crippen molar-refractivity contribution in [3.8, 4) is 0 Å². The number of hydrogen-bond donors (Lipinski definition) is 1. The highest BCUT2D eigenvalue weighted by molar-refractivity contribution is 7.80. The lowest BCUT2D eigenvalue weighted by Crippen LogP contribution is -2.69. The topological polar surface area (TPSA) is 17.8 Å². The van der Waals surface area contributed by atoms with Crippen molar-refractivity contribution >= 4 is 24.3 Å². The molecule has 0 amide bonds. The van der Waals surface area contributed by atoms with Crippen molar-refractivity contribution in [2.45, 2.75) is 43.3 Å². The van der Waals surface area contributed by atoms with Gasteiger partial charge in [0, 0.05) is 6.42 Å². The quantitative estimate of drug-likeness (QED) is 0.568. The number of allylic oxidation sites excluding steroid dienone is 4. The van der Waals surface area contributed by atoms with Gasteiger partial charge in [-0.05, 0) is 39.0 Å². The third-order valence-corrected chi connectivity index (χ3v) is 5.34. The van der Waals surface area contributed by atoms with Gasteiger partial charge in [-0.1, -0.05) is 18.2 Å². The summed E-state index contributed by atoms with van der Waals surface area (Å²) in [4.78, 5) is 4.74. The summed E-state index contributed by atoms with van der Waals surface area (Å²) in [6, 6.07) is 0. The van der Waals surface area contributed by atoms with Gasteiger partial charge in [-0.15, -0.1) is 12.6 Å². The molecule has 21 heavy (non-hydrogen) atoms. The van der Waals surface area contributed by atoms with Crippen LogP contribution in [0.4, 0.5) is 5.95 Å². The first-order chi connectivity index (χ1) is 9.94. The smallest absolute Gasteiger partial charge is 0.238 e. The molecule has 2 aliphatic heterocycles. The van der Waals surface area contributed by atoms with Gasteiger partial charge in [-0.2, -0.15) is 4.98 Å². The molecule has 0 saturated carbocycles. The van der Waals surface area contributed by atoms with Crippen LogP contribution in [0.5, 0.6) is 0 Å². The molecule has 0 radical (unpaired) electrons. The Labute approximate surface area is 131 Å². The Morgan fingerprint density at radius 2 is 2.10 bits per heavy atom. The zero-order valence-corrected chi connectivity index (χ0v) is 13.5. The molecule has 1 aromatic heterocycles. The molecule has 4 rings (SSSR count). The SMILES string of the molecule is CC(C)(C)[N+]12C=CC=CC13CC=CC=C3n1c(S)cnc12. The minimum Gasteiger partial charge on any atom is -0.238 e. The lowest BCUT2D eigenvalue weighted by Gasteiger charge is -2.51. The van der Waals surface area contributed by atoms with E-state index in [-0.39, 0.29) is 11.1 Å². The number of aromatic nitrogens is 2. The molecular formula is C17H20N3S+. The summed E-state index contributed by atoms with van der Waals surface area (Å²) < 4.78 is 2.94. The van der Waals surface area contributed by atoms with Gasteiger partial charge >= 0.3 is 5.95 Å². The summed E-state index contributed by atoms with van der Waals surface area (Å²) >= 11 is 4.64. The van der Waals surface area contributed by atoms with Crippen LogP contribution in [0, 0.1) is 0 Å². The number of thiol groups is 1. The van der Waals surface area contributed by atoms with E-state index in [1.54, 1.807) is 0 Å². The predicted molar refractivity (Wildman–Crippen MR) is 90.1 cm³/mol. The van der Waals surface area contributed by atoms with E-state index in [1.807, 2.05) is 6.20 Å². The number of rotatable bonds is 0. The number of nitrogens with zero attached hydrogens (tertiary/aromatic N) is 3. The molecule has 3 nitrogen and oxygen atoms in total. The van der Waals surface area contributed by atoms with Gasteiger partial charge in [0.2, 0.25) is 0 Å². The summed E-state index contributed by atoms with van der Waals surface area (Å²) in [5, 5.41) is 0.906. The van der Waals surface area contributed by atoms with Crippen LogP contribution in [-0.4, -0.2) is 20.6 Å². The summed E-state index contributed by atoms with van der Waals surface area (Å²) in [7, 11) is 0. The lowest BCUT2D eigenvalue weighted by molar-refractivity contribution is 0.137. The maximum atomic E-state index is 4.74. The van der Waals surface area contributed by atoms with Gasteiger partial charge in [0.25, 0.3) is 0 Å². The van der Waals surface area contributed by atoms with E-state index in [0.29, 0.717) is 4.48 Å². The van der Waals surface area contributed by atoms with Crippen molar-refractivity contribution in [3.63, 3.8) is 0 Å². The number of hydrogen-bond acceptors (Lipinski definition) is 2. The Kier molecular flexibility index (Phi) is 2.39. The minimum atomic E-state index is -0.108. The average Bonchev–Trinajstić information content (AvgIpc) is 2.93. The fraction of sp³-hybridized carbons (Fsp3) is 0.353. The van der Waals surface area contributed by atoms with Crippen LogP contribution in [0.3, 0.4) is 0 Å². The Morgan fingerprint density at radius 1 is 1.29 bits per heavy atom. The molecular weight excluding hydrogens is 278 g/mol. The first-order valence-corrected chi connectivity index (χ1v) is 7.80. The summed E-state index contributed by atoms with van der Waals surface area (Å²) in [5.41, 5.74) is 1.16. The average molecular weight is 298 g/mol.